The molecule has 2 amide bonds. The van der Waals surface area contributed by atoms with E-state index < -0.39 is 0 Å². The maximum atomic E-state index is 12.9. The second-order valence-electron chi connectivity index (χ2n) is 5.90. The van der Waals surface area contributed by atoms with Crippen LogP contribution in [0.1, 0.15) is 16.1 Å². The first-order chi connectivity index (χ1) is 12.5. The Morgan fingerprint density at radius 1 is 1.15 bits per heavy atom. The van der Waals surface area contributed by atoms with Crippen LogP contribution in [0.3, 0.4) is 0 Å². The van der Waals surface area contributed by atoms with Crippen molar-refractivity contribution in [2.75, 3.05) is 41.0 Å². The number of benzene rings is 1. The zero-order valence-corrected chi connectivity index (χ0v) is 15.3. The third kappa shape index (κ3) is 5.63. The average molecular weight is 360 g/mol. The molecule has 0 unspecified atom stereocenters. The molecule has 1 aromatic heterocycles. The van der Waals surface area contributed by atoms with Gasteiger partial charge in [0.05, 0.1) is 19.4 Å². The van der Waals surface area contributed by atoms with Crippen LogP contribution < -0.4 is 4.74 Å². The number of furan rings is 1. The molecular formula is C19H24N2O5. The molecule has 0 N–H and O–H groups in total. The molecule has 0 bridgehead atoms. The van der Waals surface area contributed by atoms with E-state index >= 15 is 0 Å². The van der Waals surface area contributed by atoms with E-state index in [0.29, 0.717) is 36.8 Å². The number of methoxy groups -OCH3 is 1. The van der Waals surface area contributed by atoms with Crippen LogP contribution in [0.4, 0.5) is 0 Å². The number of likely N-dealkylation sites (N-methyl/N-ethyl adjacent to an activating group) is 1. The summed E-state index contributed by atoms with van der Waals surface area (Å²) in [5.41, 5.74) is 0.475. The molecule has 2 aromatic rings. The smallest absolute Gasteiger partial charge is 0.259 e. The fourth-order valence-corrected chi connectivity index (χ4v) is 2.22. The molecule has 7 nitrogen and oxygen atoms in total. The minimum absolute atomic E-state index is 0.0789. The van der Waals surface area contributed by atoms with Gasteiger partial charge in [-0.15, -0.1) is 0 Å². The fourth-order valence-electron chi connectivity index (χ4n) is 2.22. The minimum Gasteiger partial charge on any atom is -0.484 e. The van der Waals surface area contributed by atoms with E-state index in [1.165, 1.54) is 4.90 Å². The Bertz CT molecular complexity index is 712. The van der Waals surface area contributed by atoms with Gasteiger partial charge in [0.15, 0.2) is 6.61 Å². The Morgan fingerprint density at radius 3 is 2.62 bits per heavy atom. The highest BCUT2D eigenvalue weighted by atomic mass is 16.5. The van der Waals surface area contributed by atoms with Crippen molar-refractivity contribution in [3.05, 3.63) is 54.0 Å². The second-order valence-corrected chi connectivity index (χ2v) is 5.90. The van der Waals surface area contributed by atoms with Gasteiger partial charge in [0, 0.05) is 33.3 Å². The lowest BCUT2D eigenvalue weighted by atomic mass is 10.2. The van der Waals surface area contributed by atoms with Crippen LogP contribution in [0, 0.1) is 0 Å². The van der Waals surface area contributed by atoms with Crippen LogP contribution in [0.5, 0.6) is 5.75 Å². The number of ether oxygens (including phenoxy) is 2. The average Bonchev–Trinajstić information content (AvgIpc) is 3.15. The lowest BCUT2D eigenvalue weighted by Crippen LogP contribution is -2.33. The Labute approximate surface area is 153 Å². The predicted octanol–water partition coefficient (Wildman–Crippen LogP) is 2.04. The van der Waals surface area contributed by atoms with E-state index in [4.69, 9.17) is 13.9 Å². The van der Waals surface area contributed by atoms with Gasteiger partial charge in [-0.05, 0) is 30.3 Å². The van der Waals surface area contributed by atoms with Crippen LogP contribution in [-0.4, -0.2) is 62.6 Å². The summed E-state index contributed by atoms with van der Waals surface area (Å²) in [6.45, 7) is 1.12. The number of hydrogen-bond acceptors (Lipinski definition) is 5. The first-order valence-corrected chi connectivity index (χ1v) is 8.25. The molecule has 0 saturated heterocycles. The standard InChI is InChI=1S/C19H24N2O5/c1-20(2)18(22)14-26-16-7-4-6-15(12-16)19(23)21(9-11-24-3)13-17-8-5-10-25-17/h4-8,10,12H,9,11,13-14H2,1-3H3. The van der Waals surface area contributed by atoms with E-state index in [9.17, 15) is 9.59 Å². The minimum atomic E-state index is -0.164. The molecule has 140 valence electrons. The SMILES string of the molecule is COCCN(Cc1ccco1)C(=O)c1cccc(OCC(=O)N(C)C)c1. The molecule has 1 heterocycles. The number of hydrogen-bond donors (Lipinski definition) is 0. The zero-order chi connectivity index (χ0) is 18.9. The summed E-state index contributed by atoms with van der Waals surface area (Å²) in [7, 11) is 4.91. The number of carbonyl (C=O) groups is 2. The van der Waals surface area contributed by atoms with Crippen LogP contribution in [0.2, 0.25) is 0 Å². The summed E-state index contributed by atoms with van der Waals surface area (Å²) in [6.07, 6.45) is 1.57. The van der Waals surface area contributed by atoms with Crippen LogP contribution >= 0.6 is 0 Å². The van der Waals surface area contributed by atoms with Gasteiger partial charge in [-0.25, -0.2) is 0 Å². The molecule has 0 aliphatic rings. The largest absolute Gasteiger partial charge is 0.484 e. The van der Waals surface area contributed by atoms with Gasteiger partial charge in [-0.1, -0.05) is 6.07 Å². The number of amides is 2. The summed E-state index contributed by atoms with van der Waals surface area (Å²) in [6, 6.07) is 10.4. The Hall–Kier alpha value is -2.80. The molecule has 0 radical (unpaired) electrons. The van der Waals surface area contributed by atoms with Crippen molar-refractivity contribution in [1.29, 1.82) is 0 Å². The Kier molecular flexibility index (Phi) is 7.23. The summed E-state index contributed by atoms with van der Waals surface area (Å²) in [4.78, 5) is 27.6. The third-order valence-corrected chi connectivity index (χ3v) is 3.72. The first kappa shape index (κ1) is 19.5. The van der Waals surface area contributed by atoms with Crippen molar-refractivity contribution in [1.82, 2.24) is 9.80 Å². The van der Waals surface area contributed by atoms with E-state index in [-0.39, 0.29) is 18.4 Å². The molecular weight excluding hydrogens is 336 g/mol. The van der Waals surface area contributed by atoms with Crippen LogP contribution in [-0.2, 0) is 16.1 Å². The van der Waals surface area contributed by atoms with Crippen molar-refractivity contribution in [2.24, 2.45) is 0 Å². The van der Waals surface area contributed by atoms with Gasteiger partial charge >= 0.3 is 0 Å². The van der Waals surface area contributed by atoms with Crippen molar-refractivity contribution in [3.63, 3.8) is 0 Å². The van der Waals surface area contributed by atoms with Gasteiger partial charge in [-0.2, -0.15) is 0 Å². The molecule has 0 spiro atoms. The quantitative estimate of drug-likeness (QED) is 0.684. The van der Waals surface area contributed by atoms with Crippen molar-refractivity contribution < 1.29 is 23.5 Å². The predicted molar refractivity (Wildman–Crippen MR) is 96.0 cm³/mol. The van der Waals surface area contributed by atoms with Gasteiger partial charge in [0.1, 0.15) is 11.5 Å². The molecule has 2 rings (SSSR count). The lowest BCUT2D eigenvalue weighted by Gasteiger charge is -2.21. The van der Waals surface area contributed by atoms with Crippen molar-refractivity contribution in [2.45, 2.75) is 6.54 Å². The molecule has 0 saturated carbocycles. The summed E-state index contributed by atoms with van der Waals surface area (Å²) < 4.78 is 15.9. The first-order valence-electron chi connectivity index (χ1n) is 8.25. The molecule has 7 heteroatoms. The second kappa shape index (κ2) is 9.62. The summed E-state index contributed by atoms with van der Waals surface area (Å²) in [5, 5.41) is 0. The topological polar surface area (TPSA) is 72.2 Å². The van der Waals surface area contributed by atoms with E-state index in [1.54, 1.807) is 62.7 Å². The summed E-state index contributed by atoms with van der Waals surface area (Å²) in [5.74, 6) is 0.846. The Balaban J connectivity index is 2.09. The van der Waals surface area contributed by atoms with Gasteiger partial charge in [-0.3, -0.25) is 9.59 Å². The normalized spacial score (nSPS) is 10.4. The monoisotopic (exact) mass is 360 g/mol. The Morgan fingerprint density at radius 2 is 1.96 bits per heavy atom. The molecule has 0 atom stereocenters. The molecule has 1 aromatic carbocycles. The van der Waals surface area contributed by atoms with Crippen LogP contribution in [0.15, 0.2) is 47.1 Å². The summed E-state index contributed by atoms with van der Waals surface area (Å²) >= 11 is 0. The lowest BCUT2D eigenvalue weighted by molar-refractivity contribution is -0.130. The zero-order valence-electron chi connectivity index (χ0n) is 15.3. The molecule has 0 aliphatic carbocycles. The fraction of sp³-hybridized carbons (Fsp3) is 0.368. The highest BCUT2D eigenvalue weighted by Crippen LogP contribution is 2.17. The van der Waals surface area contributed by atoms with Crippen LogP contribution in [0.25, 0.3) is 0 Å². The van der Waals surface area contributed by atoms with E-state index in [2.05, 4.69) is 0 Å². The van der Waals surface area contributed by atoms with Crippen molar-refractivity contribution >= 4 is 11.8 Å². The number of carbonyl (C=O) groups excluding carboxylic acids is 2. The van der Waals surface area contributed by atoms with E-state index in [0.717, 1.165) is 0 Å². The molecule has 0 fully saturated rings. The number of nitrogens with zero attached hydrogens (tertiary/aromatic N) is 2. The maximum absolute atomic E-state index is 12.9. The van der Waals surface area contributed by atoms with Gasteiger partial charge < -0.3 is 23.7 Å². The van der Waals surface area contributed by atoms with E-state index in [1.807, 2.05) is 6.07 Å². The highest BCUT2D eigenvalue weighted by Gasteiger charge is 2.18. The van der Waals surface area contributed by atoms with Gasteiger partial charge in [0.2, 0.25) is 0 Å². The maximum Gasteiger partial charge on any atom is 0.259 e. The van der Waals surface area contributed by atoms with Crippen molar-refractivity contribution in [3.8, 4) is 5.75 Å². The highest BCUT2D eigenvalue weighted by molar-refractivity contribution is 5.94. The molecule has 0 aliphatic heterocycles. The third-order valence-electron chi connectivity index (χ3n) is 3.72. The number of rotatable bonds is 9. The van der Waals surface area contributed by atoms with Gasteiger partial charge in [0.25, 0.3) is 11.8 Å². The molecule has 26 heavy (non-hydrogen) atoms.